The molecule has 1 amide bonds. The van der Waals surface area contributed by atoms with Gasteiger partial charge in [0.1, 0.15) is 5.75 Å². The minimum absolute atomic E-state index is 0.0340. The summed E-state index contributed by atoms with van der Waals surface area (Å²) in [4.78, 5) is 24.3. The maximum Gasteiger partial charge on any atom is 0.254 e. The maximum atomic E-state index is 12.2. The van der Waals surface area contributed by atoms with Gasteiger partial charge in [0.05, 0.1) is 12.1 Å². The molecule has 0 unspecified atom stereocenters. The number of aromatic nitrogens is 1. The highest BCUT2D eigenvalue weighted by molar-refractivity contribution is 5.91. The van der Waals surface area contributed by atoms with E-state index >= 15 is 0 Å². The Balaban J connectivity index is 1.58. The summed E-state index contributed by atoms with van der Waals surface area (Å²) in [5.74, 6) is 0.527. The van der Waals surface area contributed by atoms with Gasteiger partial charge in [-0.2, -0.15) is 0 Å². The third-order valence-electron chi connectivity index (χ3n) is 4.59. The molecule has 3 aromatic rings. The molecule has 0 fully saturated rings. The van der Waals surface area contributed by atoms with Gasteiger partial charge in [0.2, 0.25) is 5.91 Å². The second kappa shape index (κ2) is 8.54. The Hall–Kier alpha value is -3.08. The van der Waals surface area contributed by atoms with Crippen molar-refractivity contribution < 1.29 is 9.53 Å². The fraction of sp³-hybridized carbons (Fsp3) is 0.273. The Morgan fingerprint density at radius 1 is 1.11 bits per heavy atom. The average Bonchev–Trinajstić information content (AvgIpc) is 2.69. The van der Waals surface area contributed by atoms with Crippen molar-refractivity contribution in [3.8, 4) is 5.75 Å². The lowest BCUT2D eigenvalue weighted by Gasteiger charge is -2.12. The van der Waals surface area contributed by atoms with Crippen molar-refractivity contribution in [3.05, 3.63) is 70.5 Å². The Kier molecular flexibility index (Phi) is 5.91. The van der Waals surface area contributed by atoms with Gasteiger partial charge < -0.3 is 14.6 Å². The van der Waals surface area contributed by atoms with E-state index in [0.29, 0.717) is 25.2 Å². The van der Waals surface area contributed by atoms with E-state index in [1.54, 1.807) is 11.6 Å². The highest BCUT2D eigenvalue weighted by Gasteiger charge is 2.09. The van der Waals surface area contributed by atoms with Gasteiger partial charge in [0.15, 0.2) is 0 Å². The van der Waals surface area contributed by atoms with E-state index in [2.05, 4.69) is 12.2 Å². The molecule has 0 aliphatic rings. The van der Waals surface area contributed by atoms with E-state index in [1.165, 1.54) is 6.07 Å². The number of hydrogen-bond acceptors (Lipinski definition) is 3. The predicted molar refractivity (Wildman–Crippen MR) is 108 cm³/mol. The van der Waals surface area contributed by atoms with Gasteiger partial charge in [-0.1, -0.05) is 37.3 Å². The number of fused-ring (bicyclic) bond motifs is 1. The van der Waals surface area contributed by atoms with Crippen LogP contribution < -0.4 is 15.6 Å². The third kappa shape index (κ3) is 4.37. The molecule has 1 aromatic heterocycles. The summed E-state index contributed by atoms with van der Waals surface area (Å²) in [6.07, 6.45) is 1.81. The van der Waals surface area contributed by atoms with Crippen LogP contribution in [0.3, 0.4) is 0 Å². The summed E-state index contributed by atoms with van der Waals surface area (Å²) in [6.45, 7) is 2.44. The summed E-state index contributed by atoms with van der Waals surface area (Å²) >= 11 is 0. The van der Waals surface area contributed by atoms with E-state index in [0.717, 1.165) is 28.6 Å². The van der Waals surface area contributed by atoms with Crippen LogP contribution in [-0.2, 0) is 18.3 Å². The number of rotatable bonds is 7. The van der Waals surface area contributed by atoms with E-state index in [-0.39, 0.29) is 11.5 Å². The number of para-hydroxylation sites is 2. The second-order valence-electron chi connectivity index (χ2n) is 6.43. The quantitative estimate of drug-likeness (QED) is 0.647. The molecule has 27 heavy (non-hydrogen) atoms. The molecule has 140 valence electrons. The lowest BCUT2D eigenvalue weighted by atomic mass is 10.1. The Morgan fingerprint density at radius 3 is 2.67 bits per heavy atom. The molecule has 2 aromatic carbocycles. The number of aryl methyl sites for hydroxylation is 2. The summed E-state index contributed by atoms with van der Waals surface area (Å²) in [5, 5.41) is 3.85. The van der Waals surface area contributed by atoms with Crippen molar-refractivity contribution in [2.75, 3.05) is 11.9 Å². The van der Waals surface area contributed by atoms with Crippen LogP contribution in [0.5, 0.6) is 5.75 Å². The molecule has 5 heteroatoms. The molecule has 3 rings (SSSR count). The largest absolute Gasteiger partial charge is 0.493 e. The van der Waals surface area contributed by atoms with Gasteiger partial charge in [0, 0.05) is 30.6 Å². The van der Waals surface area contributed by atoms with E-state index in [9.17, 15) is 9.59 Å². The molecule has 0 atom stereocenters. The zero-order valence-corrected chi connectivity index (χ0v) is 15.7. The number of anilines is 1. The Labute approximate surface area is 158 Å². The molecular formula is C22H24N2O3. The van der Waals surface area contributed by atoms with Crippen molar-refractivity contribution >= 4 is 22.5 Å². The van der Waals surface area contributed by atoms with Crippen LogP contribution in [0, 0.1) is 0 Å². The number of ether oxygens (including phenoxy) is 1. The number of carbonyl (C=O) groups excluding carboxylic acids is 1. The molecule has 0 spiro atoms. The number of nitrogens with zero attached hydrogens (tertiary/aromatic N) is 1. The fourth-order valence-corrected chi connectivity index (χ4v) is 3.08. The first-order valence-electron chi connectivity index (χ1n) is 9.19. The smallest absolute Gasteiger partial charge is 0.254 e. The zero-order chi connectivity index (χ0) is 19.2. The number of nitrogens with one attached hydrogen (secondary N) is 1. The van der Waals surface area contributed by atoms with Crippen LogP contribution in [0.1, 0.15) is 25.3 Å². The summed E-state index contributed by atoms with van der Waals surface area (Å²) in [6, 6.07) is 16.9. The fourth-order valence-electron chi connectivity index (χ4n) is 3.08. The van der Waals surface area contributed by atoms with Crippen molar-refractivity contribution in [2.45, 2.75) is 26.2 Å². The predicted octanol–water partition coefficient (Wildman–Crippen LogP) is 3.90. The van der Waals surface area contributed by atoms with Gasteiger partial charge in [-0.25, -0.2) is 0 Å². The average molecular weight is 364 g/mol. The normalized spacial score (nSPS) is 10.7. The van der Waals surface area contributed by atoms with Crippen LogP contribution in [0.4, 0.5) is 5.69 Å². The Bertz CT molecular complexity index is 1010. The molecular weight excluding hydrogens is 340 g/mol. The first-order chi connectivity index (χ1) is 13.1. The molecule has 1 N–H and O–H groups in total. The highest BCUT2D eigenvalue weighted by atomic mass is 16.5. The lowest BCUT2D eigenvalue weighted by molar-refractivity contribution is -0.116. The molecule has 0 saturated heterocycles. The first-order valence-corrected chi connectivity index (χ1v) is 9.19. The van der Waals surface area contributed by atoms with Crippen molar-refractivity contribution in [3.63, 3.8) is 0 Å². The van der Waals surface area contributed by atoms with Crippen molar-refractivity contribution in [2.24, 2.45) is 7.05 Å². The minimum Gasteiger partial charge on any atom is -0.493 e. The molecule has 5 nitrogen and oxygen atoms in total. The second-order valence-corrected chi connectivity index (χ2v) is 6.43. The van der Waals surface area contributed by atoms with Gasteiger partial charge in [-0.05, 0) is 36.6 Å². The molecule has 0 aliphatic carbocycles. The molecule has 0 aliphatic heterocycles. The van der Waals surface area contributed by atoms with Crippen LogP contribution in [0.15, 0.2) is 59.4 Å². The molecule has 1 heterocycles. The molecule has 0 saturated carbocycles. The molecule has 0 bridgehead atoms. The number of benzene rings is 2. The van der Waals surface area contributed by atoms with E-state index in [1.807, 2.05) is 48.5 Å². The topological polar surface area (TPSA) is 60.3 Å². The van der Waals surface area contributed by atoms with E-state index in [4.69, 9.17) is 4.74 Å². The van der Waals surface area contributed by atoms with Crippen LogP contribution in [-0.4, -0.2) is 17.1 Å². The van der Waals surface area contributed by atoms with Gasteiger partial charge >= 0.3 is 0 Å². The summed E-state index contributed by atoms with van der Waals surface area (Å²) < 4.78 is 7.41. The first kappa shape index (κ1) is 18.7. The summed E-state index contributed by atoms with van der Waals surface area (Å²) in [5.41, 5.74) is 2.70. The minimum atomic E-state index is -0.113. The maximum absolute atomic E-state index is 12.2. The van der Waals surface area contributed by atoms with Gasteiger partial charge in [0.25, 0.3) is 5.56 Å². The van der Waals surface area contributed by atoms with Crippen LogP contribution >= 0.6 is 0 Å². The number of hydrogen-bond donors (Lipinski definition) is 1. The number of pyridine rings is 1. The SMILES string of the molecule is CCc1ccccc1NC(=O)CCCOc1cc(=O)n(C)c2ccccc12. The van der Waals surface area contributed by atoms with Crippen LogP contribution in [0.2, 0.25) is 0 Å². The zero-order valence-electron chi connectivity index (χ0n) is 15.7. The van der Waals surface area contributed by atoms with Crippen molar-refractivity contribution in [1.82, 2.24) is 4.57 Å². The molecule has 0 radical (unpaired) electrons. The standard InChI is InChI=1S/C22H24N2O3/c1-3-16-9-4-6-11-18(16)23-21(25)13-8-14-27-20-15-22(26)24(2)19-12-7-5-10-17(19)20/h4-7,9-12,15H,3,8,13-14H2,1-2H3,(H,23,25). The number of carbonyl (C=O) groups is 1. The Morgan fingerprint density at radius 2 is 1.85 bits per heavy atom. The van der Waals surface area contributed by atoms with Gasteiger partial charge in [-0.15, -0.1) is 0 Å². The highest BCUT2D eigenvalue weighted by Crippen LogP contribution is 2.23. The van der Waals surface area contributed by atoms with Crippen LogP contribution in [0.25, 0.3) is 10.9 Å². The monoisotopic (exact) mass is 364 g/mol. The number of amides is 1. The van der Waals surface area contributed by atoms with E-state index < -0.39 is 0 Å². The summed E-state index contributed by atoms with van der Waals surface area (Å²) in [7, 11) is 1.74. The van der Waals surface area contributed by atoms with Crippen molar-refractivity contribution in [1.29, 1.82) is 0 Å². The third-order valence-corrected chi connectivity index (χ3v) is 4.59. The lowest BCUT2D eigenvalue weighted by Crippen LogP contribution is -2.17. The van der Waals surface area contributed by atoms with Gasteiger partial charge in [-0.3, -0.25) is 9.59 Å².